The summed E-state index contributed by atoms with van der Waals surface area (Å²) in [5.41, 5.74) is 3.02. The largest absolute Gasteiger partial charge is 0.355 e. The van der Waals surface area contributed by atoms with Gasteiger partial charge in [0.15, 0.2) is 11.5 Å². The van der Waals surface area contributed by atoms with Gasteiger partial charge in [-0.2, -0.15) is 0 Å². The fraction of sp³-hybridized carbons (Fsp3) is 0.105. The van der Waals surface area contributed by atoms with Crippen LogP contribution in [0.15, 0.2) is 63.9 Å². The van der Waals surface area contributed by atoms with Gasteiger partial charge < -0.3 is 9.84 Å². The molecule has 0 radical (unpaired) electrons. The third-order valence-electron chi connectivity index (χ3n) is 4.33. The summed E-state index contributed by atoms with van der Waals surface area (Å²) in [6, 6.07) is 16.3. The molecule has 0 unspecified atom stereocenters. The molecule has 7 heteroatoms. The molecule has 0 spiro atoms. The maximum Gasteiger partial charge on any atom is 0.328 e. The average molecular weight is 348 g/mol. The van der Waals surface area contributed by atoms with Crippen molar-refractivity contribution >= 4 is 22.6 Å². The van der Waals surface area contributed by atoms with Crippen LogP contribution in [0.2, 0.25) is 0 Å². The molecule has 0 aliphatic heterocycles. The Labute approximate surface area is 148 Å². The van der Waals surface area contributed by atoms with Crippen LogP contribution in [0.5, 0.6) is 0 Å². The van der Waals surface area contributed by atoms with Crippen LogP contribution in [0.25, 0.3) is 22.4 Å². The number of benzene rings is 2. The van der Waals surface area contributed by atoms with E-state index in [9.17, 15) is 9.59 Å². The molecule has 2 aromatic heterocycles. The van der Waals surface area contributed by atoms with Crippen molar-refractivity contribution in [3.05, 3.63) is 70.8 Å². The first-order valence-electron chi connectivity index (χ1n) is 8.03. The van der Waals surface area contributed by atoms with Crippen molar-refractivity contribution in [3.63, 3.8) is 0 Å². The number of carbonyl (C=O) groups excluding carboxylic acids is 1. The van der Waals surface area contributed by atoms with Gasteiger partial charge in [0, 0.05) is 31.4 Å². The van der Waals surface area contributed by atoms with Crippen LogP contribution in [0, 0.1) is 0 Å². The quantitative estimate of drug-likeness (QED) is 0.617. The second-order valence-electron chi connectivity index (χ2n) is 6.00. The Balaban J connectivity index is 1.61. The zero-order chi connectivity index (χ0) is 18.3. The van der Waals surface area contributed by atoms with E-state index in [4.69, 9.17) is 4.52 Å². The number of fused-ring (bicyclic) bond motifs is 1. The summed E-state index contributed by atoms with van der Waals surface area (Å²) in [6.45, 7) is 0. The van der Waals surface area contributed by atoms with Gasteiger partial charge in [-0.15, -0.1) is 0 Å². The smallest absolute Gasteiger partial charge is 0.328 e. The Hall–Kier alpha value is -3.61. The lowest BCUT2D eigenvalue weighted by Crippen LogP contribution is -2.19. The zero-order valence-corrected chi connectivity index (χ0v) is 14.3. The molecule has 1 N–H and O–H groups in total. The van der Waals surface area contributed by atoms with E-state index < -0.39 is 0 Å². The maximum atomic E-state index is 12.4. The number of imidazole rings is 1. The second kappa shape index (κ2) is 6.03. The SMILES string of the molecule is Cn1c(=O)n(C)c2cc(NC(=O)c3cc(-c4ccccc4)on3)ccc21. The molecule has 0 saturated carbocycles. The van der Waals surface area contributed by atoms with Gasteiger partial charge in [-0.1, -0.05) is 35.5 Å². The molecule has 0 aliphatic carbocycles. The van der Waals surface area contributed by atoms with E-state index >= 15 is 0 Å². The number of amides is 1. The van der Waals surface area contributed by atoms with E-state index in [0.717, 1.165) is 16.6 Å². The molecule has 0 aliphatic rings. The number of nitrogens with zero attached hydrogens (tertiary/aromatic N) is 3. The van der Waals surface area contributed by atoms with Crippen LogP contribution in [0.3, 0.4) is 0 Å². The van der Waals surface area contributed by atoms with Gasteiger partial charge in [0.1, 0.15) is 0 Å². The molecule has 4 rings (SSSR count). The van der Waals surface area contributed by atoms with Crippen LogP contribution in [-0.2, 0) is 14.1 Å². The molecule has 130 valence electrons. The highest BCUT2D eigenvalue weighted by atomic mass is 16.5. The molecule has 0 atom stereocenters. The molecular formula is C19H16N4O3. The molecule has 26 heavy (non-hydrogen) atoms. The molecule has 1 amide bonds. The third kappa shape index (κ3) is 2.59. The van der Waals surface area contributed by atoms with Crippen molar-refractivity contribution in [2.75, 3.05) is 5.32 Å². The predicted octanol–water partition coefficient (Wildman–Crippen LogP) is 2.78. The predicted molar refractivity (Wildman–Crippen MR) is 98.1 cm³/mol. The van der Waals surface area contributed by atoms with E-state index in [1.54, 1.807) is 42.9 Å². The number of aryl methyl sites for hydroxylation is 2. The summed E-state index contributed by atoms with van der Waals surface area (Å²) < 4.78 is 8.35. The lowest BCUT2D eigenvalue weighted by atomic mass is 10.1. The monoisotopic (exact) mass is 348 g/mol. The Morgan fingerprint density at radius 3 is 2.50 bits per heavy atom. The van der Waals surface area contributed by atoms with E-state index in [2.05, 4.69) is 10.5 Å². The standard InChI is InChI=1S/C19H16N4O3/c1-22-15-9-8-13(10-16(15)23(2)19(22)25)20-18(24)14-11-17(26-21-14)12-6-4-3-5-7-12/h3-11H,1-2H3,(H,20,24). The second-order valence-corrected chi connectivity index (χ2v) is 6.00. The van der Waals surface area contributed by atoms with Gasteiger partial charge >= 0.3 is 5.69 Å². The molecule has 0 bridgehead atoms. The molecule has 7 nitrogen and oxygen atoms in total. The number of carbonyl (C=O) groups is 1. The normalized spacial score (nSPS) is 11.0. The van der Waals surface area contributed by atoms with E-state index in [1.807, 2.05) is 30.3 Å². The zero-order valence-electron chi connectivity index (χ0n) is 14.3. The topological polar surface area (TPSA) is 82.1 Å². The first-order valence-corrected chi connectivity index (χ1v) is 8.03. The molecule has 4 aromatic rings. The summed E-state index contributed by atoms with van der Waals surface area (Å²) >= 11 is 0. The van der Waals surface area contributed by atoms with E-state index in [-0.39, 0.29) is 17.3 Å². The highest BCUT2D eigenvalue weighted by Crippen LogP contribution is 2.21. The van der Waals surface area contributed by atoms with Gasteiger partial charge in [-0.05, 0) is 18.2 Å². The van der Waals surface area contributed by atoms with Crippen molar-refractivity contribution in [3.8, 4) is 11.3 Å². The Morgan fingerprint density at radius 1 is 1.00 bits per heavy atom. The van der Waals surface area contributed by atoms with Gasteiger partial charge in [-0.3, -0.25) is 13.9 Å². The summed E-state index contributed by atoms with van der Waals surface area (Å²) in [4.78, 5) is 24.4. The Bertz CT molecular complexity index is 1170. The number of anilines is 1. The lowest BCUT2D eigenvalue weighted by Gasteiger charge is -2.03. The van der Waals surface area contributed by atoms with Crippen molar-refractivity contribution < 1.29 is 9.32 Å². The highest BCUT2D eigenvalue weighted by Gasteiger charge is 2.15. The third-order valence-corrected chi connectivity index (χ3v) is 4.33. The minimum absolute atomic E-state index is 0.118. The summed E-state index contributed by atoms with van der Waals surface area (Å²) in [5.74, 6) is 0.146. The van der Waals surface area contributed by atoms with Crippen LogP contribution in [0.1, 0.15) is 10.5 Å². The van der Waals surface area contributed by atoms with Crippen LogP contribution >= 0.6 is 0 Å². The molecule has 2 heterocycles. The minimum Gasteiger partial charge on any atom is -0.355 e. The van der Waals surface area contributed by atoms with E-state index in [1.165, 1.54) is 4.57 Å². The lowest BCUT2D eigenvalue weighted by molar-refractivity contribution is 0.101. The van der Waals surface area contributed by atoms with Crippen LogP contribution in [0.4, 0.5) is 5.69 Å². The highest BCUT2D eigenvalue weighted by molar-refractivity contribution is 6.04. The Kier molecular flexibility index (Phi) is 3.69. The summed E-state index contributed by atoms with van der Waals surface area (Å²) in [6.07, 6.45) is 0. The first kappa shape index (κ1) is 15.9. The Morgan fingerprint density at radius 2 is 1.73 bits per heavy atom. The van der Waals surface area contributed by atoms with Gasteiger partial charge in [0.25, 0.3) is 5.91 Å². The van der Waals surface area contributed by atoms with Crippen molar-refractivity contribution in [1.82, 2.24) is 14.3 Å². The van der Waals surface area contributed by atoms with Crippen LogP contribution < -0.4 is 11.0 Å². The number of hydrogen-bond donors (Lipinski definition) is 1. The van der Waals surface area contributed by atoms with E-state index in [0.29, 0.717) is 11.4 Å². The summed E-state index contributed by atoms with van der Waals surface area (Å²) in [7, 11) is 3.41. The molecule has 2 aromatic carbocycles. The fourth-order valence-electron chi connectivity index (χ4n) is 2.90. The average Bonchev–Trinajstić information content (AvgIpc) is 3.24. The molecule has 0 fully saturated rings. The molecule has 0 saturated heterocycles. The summed E-state index contributed by atoms with van der Waals surface area (Å²) in [5, 5.41) is 6.63. The van der Waals surface area contributed by atoms with Crippen molar-refractivity contribution in [2.45, 2.75) is 0 Å². The van der Waals surface area contributed by atoms with Crippen molar-refractivity contribution in [2.24, 2.45) is 14.1 Å². The van der Waals surface area contributed by atoms with Gasteiger partial charge in [0.2, 0.25) is 0 Å². The van der Waals surface area contributed by atoms with Crippen LogP contribution in [-0.4, -0.2) is 20.2 Å². The first-order chi connectivity index (χ1) is 12.5. The number of aromatic nitrogens is 3. The fourth-order valence-corrected chi connectivity index (χ4v) is 2.90. The number of rotatable bonds is 3. The number of hydrogen-bond acceptors (Lipinski definition) is 4. The minimum atomic E-state index is -0.379. The molecular weight excluding hydrogens is 332 g/mol. The van der Waals surface area contributed by atoms with Gasteiger partial charge in [0.05, 0.1) is 11.0 Å². The van der Waals surface area contributed by atoms with Crippen molar-refractivity contribution in [1.29, 1.82) is 0 Å². The number of nitrogens with one attached hydrogen (secondary N) is 1. The van der Waals surface area contributed by atoms with Gasteiger partial charge in [-0.25, -0.2) is 4.79 Å². The maximum absolute atomic E-state index is 12.4.